The average molecular weight is 394 g/mol. The molecule has 0 aliphatic carbocycles. The number of rotatable bonds is 2. The Balaban J connectivity index is 2.13. The van der Waals surface area contributed by atoms with Crippen molar-refractivity contribution in [2.75, 3.05) is 13.2 Å². The highest BCUT2D eigenvalue weighted by molar-refractivity contribution is 7.89. The molecule has 0 amide bonds. The van der Waals surface area contributed by atoms with Crippen molar-refractivity contribution in [1.29, 1.82) is 0 Å². The quantitative estimate of drug-likeness (QED) is 0.710. The van der Waals surface area contributed by atoms with Crippen molar-refractivity contribution in [2.45, 2.75) is 64.8 Å². The Labute approximate surface area is 163 Å². The molecule has 1 unspecified atom stereocenters. The summed E-state index contributed by atoms with van der Waals surface area (Å²) in [6, 6.07) is 6.60. The molecule has 0 aromatic heterocycles. The van der Waals surface area contributed by atoms with E-state index in [0.717, 1.165) is 5.56 Å². The lowest BCUT2D eigenvalue weighted by molar-refractivity contribution is -0.319. The predicted octanol–water partition coefficient (Wildman–Crippen LogP) is 4.09. The topological polar surface area (TPSA) is 55.8 Å². The largest absolute Gasteiger partial charge is 0.332 e. The molecule has 1 aromatic carbocycles. The first-order chi connectivity index (χ1) is 12.3. The van der Waals surface area contributed by atoms with Crippen LogP contribution in [0.4, 0.5) is 0 Å². The molecular weight excluding hydrogens is 362 g/mol. The monoisotopic (exact) mass is 393 g/mol. The van der Waals surface area contributed by atoms with E-state index in [9.17, 15) is 8.42 Å². The summed E-state index contributed by atoms with van der Waals surface area (Å²) >= 11 is 0. The van der Waals surface area contributed by atoms with Crippen LogP contribution in [0.25, 0.3) is 0 Å². The van der Waals surface area contributed by atoms with Crippen molar-refractivity contribution in [2.24, 2.45) is 10.8 Å². The van der Waals surface area contributed by atoms with E-state index in [1.807, 2.05) is 53.7 Å². The molecule has 0 N–H and O–H groups in total. The molecule has 27 heavy (non-hydrogen) atoms. The van der Waals surface area contributed by atoms with Crippen molar-refractivity contribution >= 4 is 10.0 Å². The number of hydrogen-bond acceptors (Lipinski definition) is 4. The molecule has 2 fully saturated rings. The van der Waals surface area contributed by atoms with Gasteiger partial charge in [-0.15, -0.1) is 4.31 Å². The molecule has 2 aliphatic heterocycles. The van der Waals surface area contributed by atoms with Crippen molar-refractivity contribution < 1.29 is 17.9 Å². The fraction of sp³-hybridized carbons (Fsp3) is 0.619. The predicted molar refractivity (Wildman–Crippen MR) is 106 cm³/mol. The number of nitrogens with zero attached hydrogens (tertiary/aromatic N) is 1. The van der Waals surface area contributed by atoms with Crippen molar-refractivity contribution in [1.82, 2.24) is 4.31 Å². The van der Waals surface area contributed by atoms with Gasteiger partial charge in [0.2, 0.25) is 10.0 Å². The van der Waals surface area contributed by atoms with Gasteiger partial charge in [-0.1, -0.05) is 58.9 Å². The third-order valence-electron chi connectivity index (χ3n) is 5.35. The van der Waals surface area contributed by atoms with Crippen LogP contribution in [0, 0.1) is 17.8 Å². The van der Waals surface area contributed by atoms with Gasteiger partial charge in [-0.25, -0.2) is 8.42 Å². The Bertz CT molecular complexity index is 824. The average Bonchev–Trinajstić information content (AvgIpc) is 2.85. The van der Waals surface area contributed by atoms with E-state index in [-0.39, 0.29) is 21.8 Å². The Kier molecular flexibility index (Phi) is 4.87. The van der Waals surface area contributed by atoms with E-state index >= 15 is 0 Å². The lowest BCUT2D eigenvalue weighted by atomic mass is 9.85. The van der Waals surface area contributed by atoms with Crippen molar-refractivity contribution in [3.63, 3.8) is 0 Å². The van der Waals surface area contributed by atoms with Gasteiger partial charge in [-0.2, -0.15) is 0 Å². The van der Waals surface area contributed by atoms with E-state index in [4.69, 9.17) is 9.47 Å². The number of sulfonamides is 1. The van der Waals surface area contributed by atoms with Crippen LogP contribution in [-0.4, -0.2) is 37.9 Å². The molecule has 1 aromatic rings. The highest BCUT2D eigenvalue weighted by atomic mass is 32.2. The first-order valence-corrected chi connectivity index (χ1v) is 10.8. The molecule has 3 rings (SSSR count). The molecule has 5 nitrogen and oxygen atoms in total. The van der Waals surface area contributed by atoms with Gasteiger partial charge in [-0.05, 0) is 30.9 Å². The lowest BCUT2D eigenvalue weighted by Gasteiger charge is -2.47. The van der Waals surface area contributed by atoms with Crippen molar-refractivity contribution in [3.8, 4) is 0 Å². The second-order valence-corrected chi connectivity index (χ2v) is 11.4. The summed E-state index contributed by atoms with van der Waals surface area (Å²) in [5.41, 5.74) is 1.19. The van der Waals surface area contributed by atoms with E-state index in [1.165, 1.54) is 4.31 Å². The molecule has 6 heteroatoms. The third kappa shape index (κ3) is 3.48. The SMILES string of the molecule is C=C1CC(C(C)(C)C)N(S(=O)(=O)c2ccc(C)cc2)C12OCC(C)(C)CO2. The molecule has 150 valence electrons. The highest BCUT2D eigenvalue weighted by Gasteiger charge is 2.62. The number of aryl methyl sites for hydroxylation is 1. The van der Waals surface area contributed by atoms with Gasteiger partial charge in [-0.3, -0.25) is 0 Å². The second-order valence-electron chi connectivity index (χ2n) is 9.63. The summed E-state index contributed by atoms with van der Waals surface area (Å²) in [7, 11) is -3.84. The van der Waals surface area contributed by atoms with Crippen LogP contribution in [0.3, 0.4) is 0 Å². The zero-order chi connectivity index (χ0) is 20.3. The Hall–Kier alpha value is -1.21. The summed E-state index contributed by atoms with van der Waals surface area (Å²) in [4.78, 5) is 0.244. The molecule has 0 radical (unpaired) electrons. The van der Waals surface area contributed by atoms with Gasteiger partial charge in [0.05, 0.1) is 18.1 Å². The summed E-state index contributed by atoms with van der Waals surface area (Å²) < 4.78 is 41.1. The normalized spacial score (nSPS) is 25.9. The first-order valence-electron chi connectivity index (χ1n) is 9.37. The molecular formula is C21H31NO4S. The van der Waals surface area contributed by atoms with Gasteiger partial charge >= 0.3 is 0 Å². The zero-order valence-electron chi connectivity index (χ0n) is 17.2. The van der Waals surface area contributed by atoms with E-state index in [1.54, 1.807) is 12.1 Å². The van der Waals surface area contributed by atoms with Crippen LogP contribution in [-0.2, 0) is 19.5 Å². The maximum atomic E-state index is 13.7. The highest BCUT2D eigenvalue weighted by Crippen LogP contribution is 2.51. The smallest absolute Gasteiger partial charge is 0.267 e. The number of hydrogen-bond donors (Lipinski definition) is 0. The van der Waals surface area contributed by atoms with Crippen LogP contribution in [0.15, 0.2) is 41.3 Å². The molecule has 1 atom stereocenters. The molecule has 2 saturated heterocycles. The Morgan fingerprint density at radius 1 is 1.11 bits per heavy atom. The van der Waals surface area contributed by atoms with Crippen LogP contribution in [0.5, 0.6) is 0 Å². The van der Waals surface area contributed by atoms with Gasteiger partial charge < -0.3 is 9.47 Å². The van der Waals surface area contributed by atoms with Gasteiger partial charge in [0.25, 0.3) is 5.91 Å². The minimum Gasteiger partial charge on any atom is -0.332 e. The molecule has 0 bridgehead atoms. The molecule has 2 heterocycles. The molecule has 1 spiro atoms. The summed E-state index contributed by atoms with van der Waals surface area (Å²) in [5, 5.41) is 0. The minimum absolute atomic E-state index is 0.176. The maximum Gasteiger partial charge on any atom is 0.267 e. The third-order valence-corrected chi connectivity index (χ3v) is 7.23. The van der Waals surface area contributed by atoms with Gasteiger partial charge in [0.1, 0.15) is 0 Å². The van der Waals surface area contributed by atoms with E-state index in [0.29, 0.717) is 25.2 Å². The van der Waals surface area contributed by atoms with Crippen LogP contribution in [0.1, 0.15) is 46.6 Å². The summed E-state index contributed by atoms with van der Waals surface area (Å²) in [5.74, 6) is -1.43. The standard InChI is InChI=1S/C21H31NO4S/c1-15-8-10-17(11-9-15)27(23,24)22-18(19(3,4)5)12-16(2)21(22)25-13-20(6,7)14-26-21/h8-11,18H,2,12-14H2,1,3-7H3. The van der Waals surface area contributed by atoms with E-state index < -0.39 is 15.9 Å². The van der Waals surface area contributed by atoms with Crippen LogP contribution in [0.2, 0.25) is 0 Å². The van der Waals surface area contributed by atoms with Crippen LogP contribution >= 0.6 is 0 Å². The molecule has 2 aliphatic rings. The number of benzene rings is 1. The van der Waals surface area contributed by atoms with E-state index in [2.05, 4.69) is 6.58 Å². The van der Waals surface area contributed by atoms with Crippen molar-refractivity contribution in [3.05, 3.63) is 42.0 Å². The van der Waals surface area contributed by atoms with Crippen LogP contribution < -0.4 is 0 Å². The maximum absolute atomic E-state index is 13.7. The number of ether oxygens (including phenoxy) is 2. The Morgan fingerprint density at radius 2 is 1.63 bits per heavy atom. The van der Waals surface area contributed by atoms with Gasteiger partial charge in [0, 0.05) is 17.0 Å². The fourth-order valence-corrected chi connectivity index (χ4v) is 5.60. The summed E-state index contributed by atoms with van der Waals surface area (Å²) in [6.45, 7) is 17.1. The fourth-order valence-electron chi connectivity index (χ4n) is 3.61. The lowest BCUT2D eigenvalue weighted by Crippen LogP contribution is -2.60. The second kappa shape index (κ2) is 6.41. The van der Waals surface area contributed by atoms with Gasteiger partial charge in [0.15, 0.2) is 0 Å². The first kappa shape index (κ1) is 20.5. The molecule has 0 saturated carbocycles. The minimum atomic E-state index is -3.84. The summed E-state index contributed by atoms with van der Waals surface area (Å²) in [6.07, 6.45) is 0.509. The Morgan fingerprint density at radius 3 is 2.11 bits per heavy atom. The zero-order valence-corrected chi connectivity index (χ0v) is 18.0.